The number of halogens is 1. The first kappa shape index (κ1) is 17.9. The maximum absolute atomic E-state index is 12.5. The van der Waals surface area contributed by atoms with Gasteiger partial charge < -0.3 is 5.32 Å². The van der Waals surface area contributed by atoms with Crippen LogP contribution in [0.15, 0.2) is 78.0 Å². The summed E-state index contributed by atoms with van der Waals surface area (Å²) in [6.45, 7) is 0. The lowest BCUT2D eigenvalue weighted by Crippen LogP contribution is -2.16. The SMILES string of the molecule is O=C(Nc1cccc(S(=O)(=O)Nc2ccc(Cl)cc2)c1)c1ccc[nH+]c1. The number of pyridine rings is 1. The normalized spacial score (nSPS) is 11.0. The molecule has 3 rings (SSSR count). The lowest BCUT2D eigenvalue weighted by molar-refractivity contribution is -0.378. The van der Waals surface area contributed by atoms with Crippen molar-refractivity contribution in [2.24, 2.45) is 0 Å². The third kappa shape index (κ3) is 4.38. The molecule has 1 aromatic heterocycles. The predicted molar refractivity (Wildman–Crippen MR) is 99.7 cm³/mol. The number of benzene rings is 2. The van der Waals surface area contributed by atoms with Crippen LogP contribution in [0.25, 0.3) is 0 Å². The molecule has 0 radical (unpaired) electrons. The third-order valence-corrected chi connectivity index (χ3v) is 5.10. The van der Waals surface area contributed by atoms with Gasteiger partial charge in [0.25, 0.3) is 15.9 Å². The Hall–Kier alpha value is -2.90. The van der Waals surface area contributed by atoms with Crippen molar-refractivity contribution in [3.05, 3.63) is 83.6 Å². The molecule has 0 aliphatic heterocycles. The smallest absolute Gasteiger partial charge is 0.261 e. The van der Waals surface area contributed by atoms with Crippen LogP contribution < -0.4 is 15.0 Å². The largest absolute Gasteiger partial charge is 0.322 e. The van der Waals surface area contributed by atoms with E-state index in [1.54, 1.807) is 60.9 Å². The monoisotopic (exact) mass is 388 g/mol. The Bertz CT molecular complexity index is 1020. The minimum Gasteiger partial charge on any atom is -0.322 e. The molecular weight excluding hydrogens is 374 g/mol. The molecule has 0 atom stereocenters. The second-order valence-electron chi connectivity index (χ2n) is 5.39. The molecule has 0 saturated carbocycles. The number of hydrogen-bond acceptors (Lipinski definition) is 3. The van der Waals surface area contributed by atoms with Crippen molar-refractivity contribution >= 4 is 38.9 Å². The van der Waals surface area contributed by atoms with Crippen LogP contribution in [0.4, 0.5) is 11.4 Å². The molecule has 0 saturated heterocycles. The number of sulfonamides is 1. The van der Waals surface area contributed by atoms with Crippen LogP contribution in [0.5, 0.6) is 0 Å². The average Bonchev–Trinajstić information content (AvgIpc) is 2.64. The molecule has 26 heavy (non-hydrogen) atoms. The summed E-state index contributed by atoms with van der Waals surface area (Å²) in [6, 6.07) is 15.7. The van der Waals surface area contributed by atoms with E-state index in [0.717, 1.165) is 0 Å². The molecule has 3 aromatic rings. The van der Waals surface area contributed by atoms with E-state index in [1.807, 2.05) is 0 Å². The van der Waals surface area contributed by atoms with Crippen LogP contribution in [-0.4, -0.2) is 14.3 Å². The molecule has 0 bridgehead atoms. The van der Waals surface area contributed by atoms with Gasteiger partial charge in [-0.1, -0.05) is 17.7 Å². The number of H-pyrrole nitrogens is 1. The van der Waals surface area contributed by atoms with Crippen molar-refractivity contribution in [3.8, 4) is 0 Å². The van der Waals surface area contributed by atoms with Crippen molar-refractivity contribution in [3.63, 3.8) is 0 Å². The Labute approximate surface area is 155 Å². The number of amides is 1. The van der Waals surface area contributed by atoms with Crippen molar-refractivity contribution in [1.82, 2.24) is 0 Å². The highest BCUT2D eigenvalue weighted by molar-refractivity contribution is 7.92. The fourth-order valence-electron chi connectivity index (χ4n) is 2.21. The van der Waals surface area contributed by atoms with Crippen LogP contribution in [-0.2, 0) is 10.0 Å². The quantitative estimate of drug-likeness (QED) is 0.703. The van der Waals surface area contributed by atoms with Gasteiger partial charge in [-0.15, -0.1) is 0 Å². The van der Waals surface area contributed by atoms with Crippen molar-refractivity contribution < 1.29 is 18.2 Å². The van der Waals surface area contributed by atoms with E-state index in [4.69, 9.17) is 11.6 Å². The number of aromatic nitrogens is 1. The van der Waals surface area contributed by atoms with E-state index in [2.05, 4.69) is 15.0 Å². The Morgan fingerprint density at radius 1 is 0.962 bits per heavy atom. The highest BCUT2D eigenvalue weighted by Gasteiger charge is 2.16. The van der Waals surface area contributed by atoms with Gasteiger partial charge in [0.1, 0.15) is 5.56 Å². The summed E-state index contributed by atoms with van der Waals surface area (Å²) >= 11 is 5.80. The van der Waals surface area contributed by atoms with Gasteiger partial charge in [0.05, 0.1) is 4.90 Å². The first-order valence-electron chi connectivity index (χ1n) is 7.60. The summed E-state index contributed by atoms with van der Waals surface area (Å²) < 4.78 is 27.5. The number of carbonyl (C=O) groups excluding carboxylic acids is 1. The second-order valence-corrected chi connectivity index (χ2v) is 7.51. The van der Waals surface area contributed by atoms with Crippen LogP contribution >= 0.6 is 11.6 Å². The summed E-state index contributed by atoms with van der Waals surface area (Å²) in [5, 5.41) is 3.18. The topological polar surface area (TPSA) is 89.4 Å². The van der Waals surface area contributed by atoms with Crippen molar-refractivity contribution in [2.45, 2.75) is 4.90 Å². The van der Waals surface area contributed by atoms with Gasteiger partial charge in [-0.3, -0.25) is 9.52 Å². The molecule has 132 valence electrons. The first-order chi connectivity index (χ1) is 12.4. The average molecular weight is 389 g/mol. The first-order valence-corrected chi connectivity index (χ1v) is 9.46. The van der Waals surface area contributed by atoms with E-state index in [-0.39, 0.29) is 10.8 Å². The molecule has 1 heterocycles. The van der Waals surface area contributed by atoms with Gasteiger partial charge in [-0.25, -0.2) is 13.4 Å². The summed E-state index contributed by atoms with van der Waals surface area (Å²) in [5.74, 6) is -0.345. The maximum atomic E-state index is 12.5. The van der Waals surface area contributed by atoms with Crippen LogP contribution in [0.2, 0.25) is 5.02 Å². The Kier molecular flexibility index (Phi) is 5.20. The predicted octanol–water partition coefficient (Wildman–Crippen LogP) is 3.21. The third-order valence-electron chi connectivity index (χ3n) is 3.47. The molecule has 0 aliphatic rings. The molecule has 2 aromatic carbocycles. The summed E-state index contributed by atoms with van der Waals surface area (Å²) in [7, 11) is -3.80. The van der Waals surface area contributed by atoms with Gasteiger partial charge in [0.2, 0.25) is 0 Å². The van der Waals surface area contributed by atoms with E-state index in [1.165, 1.54) is 12.1 Å². The fraction of sp³-hybridized carbons (Fsp3) is 0. The van der Waals surface area contributed by atoms with Crippen LogP contribution in [0.3, 0.4) is 0 Å². The molecule has 8 heteroatoms. The van der Waals surface area contributed by atoms with Gasteiger partial charge in [-0.05, 0) is 48.5 Å². The Morgan fingerprint density at radius 3 is 2.42 bits per heavy atom. The summed E-state index contributed by atoms with van der Waals surface area (Å²) in [4.78, 5) is 15.0. The molecule has 6 nitrogen and oxygen atoms in total. The molecule has 3 N–H and O–H groups in total. The minimum absolute atomic E-state index is 0.0323. The lowest BCUT2D eigenvalue weighted by Gasteiger charge is -2.10. The fourth-order valence-corrected chi connectivity index (χ4v) is 3.44. The number of anilines is 2. The number of carbonyl (C=O) groups is 1. The van der Waals surface area contributed by atoms with Crippen LogP contribution in [0, 0.1) is 0 Å². The standard InChI is InChI=1S/C18H14ClN3O3S/c19-14-6-8-15(9-7-14)22-26(24,25)17-5-1-4-16(11-17)21-18(23)13-3-2-10-20-12-13/h1-12,22H,(H,21,23)/p+1. The minimum atomic E-state index is -3.80. The Morgan fingerprint density at radius 2 is 1.73 bits per heavy atom. The zero-order chi connectivity index (χ0) is 18.6. The maximum Gasteiger partial charge on any atom is 0.261 e. The molecule has 0 spiro atoms. The van der Waals surface area contributed by atoms with Crippen molar-refractivity contribution in [2.75, 3.05) is 10.0 Å². The van der Waals surface area contributed by atoms with Crippen LogP contribution in [0.1, 0.15) is 10.4 Å². The second kappa shape index (κ2) is 7.55. The highest BCUT2D eigenvalue weighted by atomic mass is 35.5. The number of hydrogen-bond donors (Lipinski definition) is 2. The Balaban J connectivity index is 1.79. The van der Waals surface area contributed by atoms with E-state index in [9.17, 15) is 13.2 Å². The van der Waals surface area contributed by atoms with E-state index >= 15 is 0 Å². The van der Waals surface area contributed by atoms with Gasteiger partial charge >= 0.3 is 0 Å². The highest BCUT2D eigenvalue weighted by Crippen LogP contribution is 2.21. The van der Waals surface area contributed by atoms with E-state index < -0.39 is 10.0 Å². The molecule has 0 aliphatic carbocycles. The molecule has 1 amide bonds. The molecule has 0 unspecified atom stereocenters. The zero-order valence-electron chi connectivity index (χ0n) is 13.4. The molecular formula is C18H15ClN3O3S+. The number of nitrogens with one attached hydrogen (secondary N) is 3. The number of rotatable bonds is 5. The van der Waals surface area contributed by atoms with Gasteiger partial charge in [0, 0.05) is 22.5 Å². The zero-order valence-corrected chi connectivity index (χ0v) is 15.0. The lowest BCUT2D eigenvalue weighted by atomic mass is 10.2. The number of aromatic amines is 1. The van der Waals surface area contributed by atoms with Gasteiger partial charge in [-0.2, -0.15) is 0 Å². The van der Waals surface area contributed by atoms with Crippen molar-refractivity contribution in [1.29, 1.82) is 0 Å². The summed E-state index contributed by atoms with van der Waals surface area (Å²) in [5.41, 5.74) is 1.20. The van der Waals surface area contributed by atoms with Gasteiger partial charge in [0.15, 0.2) is 12.4 Å². The van der Waals surface area contributed by atoms with E-state index in [0.29, 0.717) is 22.0 Å². The molecule has 0 fully saturated rings. The summed E-state index contributed by atoms with van der Waals surface area (Å²) in [6.07, 6.45) is 3.24.